The number of piperidine rings is 1. The molecular formula is C18H27N3O. The summed E-state index contributed by atoms with van der Waals surface area (Å²) in [5.74, 6) is 0.132. The highest BCUT2D eigenvalue weighted by Crippen LogP contribution is 2.36. The number of nitrogens with zero attached hydrogens (tertiary/aromatic N) is 1. The molecule has 0 radical (unpaired) electrons. The van der Waals surface area contributed by atoms with Gasteiger partial charge in [0.05, 0.1) is 11.4 Å². The lowest BCUT2D eigenvalue weighted by atomic mass is 9.83. The molecule has 0 aromatic heterocycles. The van der Waals surface area contributed by atoms with Crippen LogP contribution < -0.4 is 10.6 Å². The van der Waals surface area contributed by atoms with Gasteiger partial charge in [0.1, 0.15) is 5.54 Å². The van der Waals surface area contributed by atoms with Crippen LogP contribution in [0, 0.1) is 0 Å². The molecular weight excluding hydrogens is 274 g/mol. The summed E-state index contributed by atoms with van der Waals surface area (Å²) in [7, 11) is 0. The summed E-state index contributed by atoms with van der Waals surface area (Å²) < 4.78 is 0. The maximum absolute atomic E-state index is 12.6. The van der Waals surface area contributed by atoms with Gasteiger partial charge in [-0.05, 0) is 38.3 Å². The van der Waals surface area contributed by atoms with Gasteiger partial charge >= 0.3 is 0 Å². The summed E-state index contributed by atoms with van der Waals surface area (Å²) in [6.07, 6.45) is 5.55. The predicted molar refractivity (Wildman–Crippen MR) is 91.2 cm³/mol. The molecule has 0 aliphatic carbocycles. The van der Waals surface area contributed by atoms with Gasteiger partial charge in [0.15, 0.2) is 0 Å². The first-order valence-electron chi connectivity index (χ1n) is 8.57. The number of likely N-dealkylation sites (tertiary alicyclic amines) is 1. The van der Waals surface area contributed by atoms with Crippen molar-refractivity contribution in [2.75, 3.05) is 23.7 Å². The van der Waals surface area contributed by atoms with Gasteiger partial charge in [-0.25, -0.2) is 0 Å². The first-order valence-corrected chi connectivity index (χ1v) is 8.57. The number of carbonyl (C=O) groups is 1. The topological polar surface area (TPSA) is 44.4 Å². The highest BCUT2D eigenvalue weighted by Gasteiger charge is 2.44. The SMILES string of the molecule is CCCCC(C)N1CCC2(CC1)Nc1ccccc1NC2=O. The van der Waals surface area contributed by atoms with Crippen molar-refractivity contribution in [2.45, 2.75) is 57.5 Å². The van der Waals surface area contributed by atoms with Crippen molar-refractivity contribution < 1.29 is 4.79 Å². The van der Waals surface area contributed by atoms with Gasteiger partial charge in [-0.3, -0.25) is 4.79 Å². The number of rotatable bonds is 4. The van der Waals surface area contributed by atoms with E-state index in [4.69, 9.17) is 0 Å². The molecule has 1 saturated heterocycles. The molecule has 22 heavy (non-hydrogen) atoms. The molecule has 2 N–H and O–H groups in total. The molecule has 1 fully saturated rings. The van der Waals surface area contributed by atoms with Gasteiger partial charge in [-0.2, -0.15) is 0 Å². The van der Waals surface area contributed by atoms with E-state index in [1.54, 1.807) is 0 Å². The Hall–Kier alpha value is -1.55. The fourth-order valence-electron chi connectivity index (χ4n) is 3.64. The van der Waals surface area contributed by atoms with Crippen LogP contribution >= 0.6 is 0 Å². The van der Waals surface area contributed by atoms with Crippen LogP contribution in [0.25, 0.3) is 0 Å². The van der Waals surface area contributed by atoms with Gasteiger partial charge in [-0.15, -0.1) is 0 Å². The smallest absolute Gasteiger partial charge is 0.250 e. The Morgan fingerprint density at radius 2 is 1.91 bits per heavy atom. The Bertz CT molecular complexity index is 535. The fourth-order valence-corrected chi connectivity index (χ4v) is 3.64. The van der Waals surface area contributed by atoms with Crippen LogP contribution in [0.2, 0.25) is 0 Å². The third-order valence-electron chi connectivity index (χ3n) is 5.23. The van der Waals surface area contributed by atoms with E-state index in [9.17, 15) is 4.79 Å². The number of amides is 1. The Labute approximate surface area is 133 Å². The van der Waals surface area contributed by atoms with Crippen LogP contribution in [0.4, 0.5) is 11.4 Å². The normalized spacial score (nSPS) is 21.8. The summed E-state index contributed by atoms with van der Waals surface area (Å²) in [4.78, 5) is 15.1. The highest BCUT2D eigenvalue weighted by atomic mass is 16.2. The number of fused-ring (bicyclic) bond motifs is 1. The molecule has 4 nitrogen and oxygen atoms in total. The number of nitrogens with one attached hydrogen (secondary N) is 2. The van der Waals surface area contributed by atoms with Crippen LogP contribution in [0.1, 0.15) is 46.0 Å². The second-order valence-corrected chi connectivity index (χ2v) is 6.73. The molecule has 2 aliphatic heterocycles. The Kier molecular flexibility index (Phi) is 4.39. The first kappa shape index (κ1) is 15.3. The number of para-hydroxylation sites is 2. The lowest BCUT2D eigenvalue weighted by molar-refractivity contribution is -0.122. The fraction of sp³-hybridized carbons (Fsp3) is 0.611. The quantitative estimate of drug-likeness (QED) is 0.895. The number of hydrogen-bond donors (Lipinski definition) is 2. The minimum absolute atomic E-state index is 0.132. The van der Waals surface area contributed by atoms with E-state index in [0.717, 1.165) is 37.3 Å². The molecule has 1 spiro atoms. The third kappa shape index (κ3) is 2.84. The van der Waals surface area contributed by atoms with E-state index in [1.165, 1.54) is 19.3 Å². The van der Waals surface area contributed by atoms with E-state index < -0.39 is 5.54 Å². The Balaban J connectivity index is 1.66. The molecule has 1 amide bonds. The molecule has 2 heterocycles. The van der Waals surface area contributed by atoms with Gasteiger partial charge < -0.3 is 15.5 Å². The number of unbranched alkanes of at least 4 members (excludes halogenated alkanes) is 1. The maximum Gasteiger partial charge on any atom is 0.250 e. The molecule has 3 rings (SSSR count). The largest absolute Gasteiger partial charge is 0.369 e. The van der Waals surface area contributed by atoms with E-state index >= 15 is 0 Å². The number of carbonyl (C=O) groups excluding carboxylic acids is 1. The molecule has 1 aromatic rings. The van der Waals surface area contributed by atoms with Crippen molar-refractivity contribution in [3.8, 4) is 0 Å². The summed E-state index contributed by atoms with van der Waals surface area (Å²) in [6.45, 7) is 6.55. The number of anilines is 2. The van der Waals surface area contributed by atoms with Gasteiger partial charge in [0.2, 0.25) is 5.91 Å². The number of hydrogen-bond acceptors (Lipinski definition) is 3. The Morgan fingerprint density at radius 3 is 2.59 bits per heavy atom. The molecule has 0 saturated carbocycles. The third-order valence-corrected chi connectivity index (χ3v) is 5.23. The van der Waals surface area contributed by atoms with Crippen molar-refractivity contribution in [1.82, 2.24) is 4.90 Å². The van der Waals surface area contributed by atoms with Gasteiger partial charge in [0, 0.05) is 19.1 Å². The van der Waals surface area contributed by atoms with Crippen molar-refractivity contribution in [1.29, 1.82) is 0 Å². The monoisotopic (exact) mass is 301 g/mol. The van der Waals surface area contributed by atoms with E-state index in [1.807, 2.05) is 24.3 Å². The van der Waals surface area contributed by atoms with Crippen molar-refractivity contribution in [3.63, 3.8) is 0 Å². The molecule has 120 valence electrons. The second kappa shape index (κ2) is 6.29. The standard InChI is InChI=1S/C18H27N3O/c1-3-4-7-14(2)21-12-10-18(11-13-21)17(22)19-15-8-5-6-9-16(15)20-18/h5-6,8-9,14,20H,3-4,7,10-13H2,1-2H3,(H,19,22). The van der Waals surface area contributed by atoms with Crippen LogP contribution in [0.15, 0.2) is 24.3 Å². The average Bonchev–Trinajstić information content (AvgIpc) is 2.54. The average molecular weight is 301 g/mol. The van der Waals surface area contributed by atoms with E-state index in [2.05, 4.69) is 29.4 Å². The molecule has 1 aromatic carbocycles. The Morgan fingerprint density at radius 1 is 1.23 bits per heavy atom. The van der Waals surface area contributed by atoms with Crippen LogP contribution in [-0.2, 0) is 4.79 Å². The van der Waals surface area contributed by atoms with Gasteiger partial charge in [0.25, 0.3) is 0 Å². The summed E-state index contributed by atoms with van der Waals surface area (Å²) >= 11 is 0. The lowest BCUT2D eigenvalue weighted by Gasteiger charge is -2.45. The summed E-state index contributed by atoms with van der Waals surface area (Å²) in [5.41, 5.74) is 1.53. The number of benzene rings is 1. The summed E-state index contributed by atoms with van der Waals surface area (Å²) in [5, 5.41) is 6.60. The molecule has 1 unspecified atom stereocenters. The molecule has 2 aliphatic rings. The lowest BCUT2D eigenvalue weighted by Crippen LogP contribution is -2.59. The minimum atomic E-state index is -0.421. The molecule has 4 heteroatoms. The van der Waals surface area contributed by atoms with Crippen molar-refractivity contribution >= 4 is 17.3 Å². The minimum Gasteiger partial charge on any atom is -0.369 e. The van der Waals surface area contributed by atoms with Crippen LogP contribution in [0.3, 0.4) is 0 Å². The zero-order chi connectivity index (χ0) is 15.6. The van der Waals surface area contributed by atoms with Crippen LogP contribution in [0.5, 0.6) is 0 Å². The van der Waals surface area contributed by atoms with Crippen molar-refractivity contribution in [3.05, 3.63) is 24.3 Å². The van der Waals surface area contributed by atoms with E-state index in [-0.39, 0.29) is 5.91 Å². The second-order valence-electron chi connectivity index (χ2n) is 6.73. The zero-order valence-electron chi connectivity index (χ0n) is 13.7. The molecule has 1 atom stereocenters. The zero-order valence-corrected chi connectivity index (χ0v) is 13.7. The summed E-state index contributed by atoms with van der Waals surface area (Å²) in [6, 6.07) is 8.59. The highest BCUT2D eigenvalue weighted by molar-refractivity contribution is 6.06. The maximum atomic E-state index is 12.6. The first-order chi connectivity index (χ1) is 10.6. The van der Waals surface area contributed by atoms with E-state index in [0.29, 0.717) is 6.04 Å². The van der Waals surface area contributed by atoms with Crippen molar-refractivity contribution in [2.24, 2.45) is 0 Å². The predicted octanol–water partition coefficient (Wildman–Crippen LogP) is 3.46. The van der Waals surface area contributed by atoms with Crippen LogP contribution in [-0.4, -0.2) is 35.5 Å². The molecule has 0 bridgehead atoms. The van der Waals surface area contributed by atoms with Gasteiger partial charge in [-0.1, -0.05) is 31.9 Å².